The first kappa shape index (κ1) is 12.0. The van der Waals surface area contributed by atoms with Gasteiger partial charge >= 0.3 is 0 Å². The first-order valence-electron chi connectivity index (χ1n) is 5.45. The number of carbonyl (C=O) groups excluding carboxylic acids is 1. The van der Waals surface area contributed by atoms with Gasteiger partial charge in [0.05, 0.1) is 6.07 Å². The molecule has 1 saturated heterocycles. The van der Waals surface area contributed by atoms with Gasteiger partial charge in [-0.15, -0.1) is 0 Å². The Morgan fingerprint density at radius 1 is 1.53 bits per heavy atom. The summed E-state index contributed by atoms with van der Waals surface area (Å²) in [5, 5.41) is 8.74. The van der Waals surface area contributed by atoms with Crippen LogP contribution in [0.3, 0.4) is 0 Å². The van der Waals surface area contributed by atoms with Crippen LogP contribution in [0.1, 0.15) is 20.3 Å². The summed E-state index contributed by atoms with van der Waals surface area (Å²) in [6.45, 7) is 6.41. The number of hydrogen-bond acceptors (Lipinski definition) is 3. The van der Waals surface area contributed by atoms with Gasteiger partial charge in [0.25, 0.3) is 0 Å². The number of nitriles is 1. The molecule has 0 aromatic rings. The minimum atomic E-state index is -0.518. The van der Waals surface area contributed by atoms with E-state index >= 15 is 0 Å². The molecule has 1 rings (SSSR count). The van der Waals surface area contributed by atoms with Crippen molar-refractivity contribution in [3.05, 3.63) is 0 Å². The van der Waals surface area contributed by atoms with E-state index in [1.165, 1.54) is 0 Å². The van der Waals surface area contributed by atoms with Crippen LogP contribution in [0.2, 0.25) is 0 Å². The molecule has 1 aliphatic rings. The minimum Gasteiger partial charge on any atom is -0.338 e. The molecule has 1 heterocycles. The SMILES string of the molecule is CC(C#N)C(=O)N1CCCN(C)CC1C. The lowest BCUT2D eigenvalue weighted by molar-refractivity contribution is -0.135. The molecule has 4 nitrogen and oxygen atoms in total. The number of nitrogens with zero attached hydrogens (tertiary/aromatic N) is 3. The first-order chi connectivity index (χ1) is 7.06. The fraction of sp³-hybridized carbons (Fsp3) is 0.818. The van der Waals surface area contributed by atoms with Crippen LogP contribution in [-0.2, 0) is 4.79 Å². The molecule has 0 aliphatic carbocycles. The Bertz CT molecular complexity index is 271. The molecule has 1 aliphatic heterocycles. The largest absolute Gasteiger partial charge is 0.338 e. The summed E-state index contributed by atoms with van der Waals surface area (Å²) in [4.78, 5) is 16.0. The van der Waals surface area contributed by atoms with E-state index in [0.717, 1.165) is 26.1 Å². The molecule has 0 aromatic heterocycles. The van der Waals surface area contributed by atoms with E-state index in [1.54, 1.807) is 6.92 Å². The molecule has 0 radical (unpaired) electrons. The molecule has 15 heavy (non-hydrogen) atoms. The maximum atomic E-state index is 11.9. The molecule has 0 N–H and O–H groups in total. The average molecular weight is 209 g/mol. The van der Waals surface area contributed by atoms with E-state index < -0.39 is 5.92 Å². The summed E-state index contributed by atoms with van der Waals surface area (Å²) in [5.41, 5.74) is 0. The predicted octanol–water partition coefficient (Wildman–Crippen LogP) is 0.699. The van der Waals surface area contributed by atoms with E-state index in [1.807, 2.05) is 17.9 Å². The van der Waals surface area contributed by atoms with Crippen molar-refractivity contribution < 1.29 is 4.79 Å². The molecule has 2 atom stereocenters. The summed E-state index contributed by atoms with van der Waals surface area (Å²) < 4.78 is 0. The summed E-state index contributed by atoms with van der Waals surface area (Å²) >= 11 is 0. The van der Waals surface area contributed by atoms with Crippen molar-refractivity contribution in [3.63, 3.8) is 0 Å². The van der Waals surface area contributed by atoms with Crippen molar-refractivity contribution >= 4 is 5.91 Å². The Morgan fingerprint density at radius 2 is 2.20 bits per heavy atom. The quantitative estimate of drug-likeness (QED) is 0.638. The smallest absolute Gasteiger partial charge is 0.239 e. The van der Waals surface area contributed by atoms with Gasteiger partial charge in [0, 0.05) is 19.1 Å². The Hall–Kier alpha value is -1.08. The van der Waals surface area contributed by atoms with Crippen molar-refractivity contribution in [1.29, 1.82) is 5.26 Å². The molecule has 0 spiro atoms. The molecular formula is C11H19N3O. The standard InChI is InChI=1S/C11H19N3O/c1-9(7-12)11(15)14-6-4-5-13(3)8-10(14)2/h9-10H,4-6,8H2,1-3H3. The molecule has 2 unspecified atom stereocenters. The summed E-state index contributed by atoms with van der Waals surface area (Å²) in [7, 11) is 2.07. The van der Waals surface area contributed by atoms with Crippen molar-refractivity contribution in [1.82, 2.24) is 9.80 Å². The van der Waals surface area contributed by atoms with E-state index in [0.29, 0.717) is 0 Å². The van der Waals surface area contributed by atoms with Crippen LogP contribution in [-0.4, -0.2) is 48.4 Å². The lowest BCUT2D eigenvalue weighted by Gasteiger charge is -2.28. The molecule has 84 valence electrons. The molecule has 4 heteroatoms. The Morgan fingerprint density at radius 3 is 2.80 bits per heavy atom. The fourth-order valence-electron chi connectivity index (χ4n) is 2.00. The zero-order valence-corrected chi connectivity index (χ0v) is 9.73. The second-order valence-corrected chi connectivity index (χ2v) is 4.35. The Kier molecular flexibility index (Phi) is 4.10. The van der Waals surface area contributed by atoms with Gasteiger partial charge in [-0.05, 0) is 33.9 Å². The maximum Gasteiger partial charge on any atom is 0.239 e. The molecule has 1 fully saturated rings. The summed E-state index contributed by atoms with van der Waals surface area (Å²) in [5.74, 6) is -0.545. The van der Waals surface area contributed by atoms with Crippen molar-refractivity contribution in [2.24, 2.45) is 5.92 Å². The average Bonchev–Trinajstić information content (AvgIpc) is 2.37. The van der Waals surface area contributed by atoms with Crippen LogP contribution in [0, 0.1) is 17.2 Å². The highest BCUT2D eigenvalue weighted by Gasteiger charge is 2.26. The van der Waals surface area contributed by atoms with Gasteiger partial charge in [-0.3, -0.25) is 4.79 Å². The van der Waals surface area contributed by atoms with Crippen LogP contribution in [0.4, 0.5) is 0 Å². The summed E-state index contributed by atoms with van der Waals surface area (Å²) in [6.07, 6.45) is 0.991. The second kappa shape index (κ2) is 5.13. The van der Waals surface area contributed by atoms with Crippen molar-refractivity contribution in [3.8, 4) is 6.07 Å². The predicted molar refractivity (Wildman–Crippen MR) is 58.1 cm³/mol. The molecule has 0 bridgehead atoms. The van der Waals surface area contributed by atoms with Gasteiger partial charge in [0.15, 0.2) is 0 Å². The van der Waals surface area contributed by atoms with Gasteiger partial charge in [-0.25, -0.2) is 0 Å². The number of carbonyl (C=O) groups is 1. The molecular weight excluding hydrogens is 190 g/mol. The van der Waals surface area contributed by atoms with Crippen LogP contribution in [0.5, 0.6) is 0 Å². The van der Waals surface area contributed by atoms with Gasteiger partial charge in [0.2, 0.25) is 5.91 Å². The third-order valence-corrected chi connectivity index (χ3v) is 2.89. The third kappa shape index (κ3) is 2.93. The molecule has 0 saturated carbocycles. The van der Waals surface area contributed by atoms with Gasteiger partial charge in [0.1, 0.15) is 5.92 Å². The number of rotatable bonds is 1. The highest BCUT2D eigenvalue weighted by atomic mass is 16.2. The Balaban J connectivity index is 2.68. The lowest BCUT2D eigenvalue weighted by Crippen LogP contribution is -2.44. The van der Waals surface area contributed by atoms with Crippen LogP contribution in [0.15, 0.2) is 0 Å². The Labute approximate surface area is 91.5 Å². The van der Waals surface area contributed by atoms with Crippen LogP contribution < -0.4 is 0 Å². The summed E-state index contributed by atoms with van der Waals surface area (Å²) in [6, 6.07) is 2.22. The van der Waals surface area contributed by atoms with Crippen LogP contribution in [0.25, 0.3) is 0 Å². The topological polar surface area (TPSA) is 47.3 Å². The number of amides is 1. The molecule has 0 aromatic carbocycles. The molecule has 1 amide bonds. The van der Waals surface area contributed by atoms with E-state index in [9.17, 15) is 4.79 Å². The van der Waals surface area contributed by atoms with Gasteiger partial charge in [-0.2, -0.15) is 5.26 Å². The highest BCUT2D eigenvalue weighted by molar-refractivity contribution is 5.81. The van der Waals surface area contributed by atoms with E-state index in [4.69, 9.17) is 5.26 Å². The third-order valence-electron chi connectivity index (χ3n) is 2.89. The number of likely N-dealkylation sites (N-methyl/N-ethyl adjacent to an activating group) is 1. The highest BCUT2D eigenvalue weighted by Crippen LogP contribution is 2.12. The van der Waals surface area contributed by atoms with Crippen molar-refractivity contribution in [2.45, 2.75) is 26.3 Å². The normalized spacial score (nSPS) is 25.5. The fourth-order valence-corrected chi connectivity index (χ4v) is 2.00. The monoisotopic (exact) mass is 209 g/mol. The van der Waals surface area contributed by atoms with E-state index in [-0.39, 0.29) is 11.9 Å². The van der Waals surface area contributed by atoms with Crippen LogP contribution >= 0.6 is 0 Å². The van der Waals surface area contributed by atoms with Gasteiger partial charge < -0.3 is 9.80 Å². The van der Waals surface area contributed by atoms with E-state index in [2.05, 4.69) is 11.9 Å². The lowest BCUT2D eigenvalue weighted by atomic mass is 10.1. The maximum absolute atomic E-state index is 11.9. The zero-order chi connectivity index (χ0) is 11.4. The van der Waals surface area contributed by atoms with Crippen molar-refractivity contribution in [2.75, 3.05) is 26.7 Å². The second-order valence-electron chi connectivity index (χ2n) is 4.35. The zero-order valence-electron chi connectivity index (χ0n) is 9.73. The number of hydrogen-bond donors (Lipinski definition) is 0. The first-order valence-corrected chi connectivity index (χ1v) is 5.45. The minimum absolute atomic E-state index is 0.0275. The van der Waals surface area contributed by atoms with Gasteiger partial charge in [-0.1, -0.05) is 0 Å².